The highest BCUT2D eigenvalue weighted by molar-refractivity contribution is 6.45. The Morgan fingerprint density at radius 2 is 2.06 bits per heavy atom. The summed E-state index contributed by atoms with van der Waals surface area (Å²) in [5, 5.41) is -0.349. The zero-order valence-corrected chi connectivity index (χ0v) is 9.60. The van der Waals surface area contributed by atoms with E-state index in [-0.39, 0.29) is 17.2 Å². The molecule has 0 aliphatic carbocycles. The summed E-state index contributed by atoms with van der Waals surface area (Å²) in [6.07, 6.45) is 0. The van der Waals surface area contributed by atoms with E-state index in [2.05, 4.69) is 4.74 Å². The van der Waals surface area contributed by atoms with E-state index in [4.69, 9.17) is 11.6 Å². The van der Waals surface area contributed by atoms with Crippen LogP contribution in [0.3, 0.4) is 0 Å². The number of hydrogen-bond acceptors (Lipinski definition) is 3. The first-order valence-electron chi connectivity index (χ1n) is 4.65. The van der Waals surface area contributed by atoms with Crippen LogP contribution < -0.4 is 0 Å². The van der Waals surface area contributed by atoms with Gasteiger partial charge in [0.05, 0.1) is 17.2 Å². The first-order chi connectivity index (χ1) is 7.49. The third-order valence-electron chi connectivity index (χ3n) is 1.98. The molecule has 16 heavy (non-hydrogen) atoms. The molecule has 0 saturated heterocycles. The number of esters is 1. The molecule has 0 unspecified atom stereocenters. The predicted octanol–water partition coefficient (Wildman–Crippen LogP) is 2.53. The molecule has 0 bridgehead atoms. The second-order valence-corrected chi connectivity index (χ2v) is 3.49. The highest BCUT2D eigenvalue weighted by Gasteiger charge is 2.22. The standard InChI is InChI=1S/C11H10ClFO3/c1-3-16-11(15)10(14)7-5-4-6(2)9(13)8(7)12/h4-5H,3H2,1-2H3. The van der Waals surface area contributed by atoms with Gasteiger partial charge >= 0.3 is 5.97 Å². The number of ether oxygens (including phenoxy) is 1. The molecule has 0 aliphatic heterocycles. The number of hydrogen-bond donors (Lipinski definition) is 0. The quantitative estimate of drug-likeness (QED) is 0.466. The minimum Gasteiger partial charge on any atom is -0.460 e. The average Bonchev–Trinajstić information content (AvgIpc) is 2.26. The lowest BCUT2D eigenvalue weighted by molar-refractivity contribution is -0.137. The number of rotatable bonds is 3. The zero-order chi connectivity index (χ0) is 12.3. The predicted molar refractivity (Wildman–Crippen MR) is 57.1 cm³/mol. The first-order valence-corrected chi connectivity index (χ1v) is 5.02. The molecule has 0 N–H and O–H groups in total. The normalized spacial score (nSPS) is 10.0. The van der Waals surface area contributed by atoms with Crippen LogP contribution in [0.1, 0.15) is 22.8 Å². The van der Waals surface area contributed by atoms with E-state index in [1.54, 1.807) is 6.92 Å². The van der Waals surface area contributed by atoms with Gasteiger partial charge in [-0.2, -0.15) is 0 Å². The van der Waals surface area contributed by atoms with Gasteiger partial charge in [0, 0.05) is 0 Å². The summed E-state index contributed by atoms with van der Waals surface area (Å²) in [4.78, 5) is 22.6. The molecule has 3 nitrogen and oxygen atoms in total. The van der Waals surface area contributed by atoms with Gasteiger partial charge in [-0.15, -0.1) is 0 Å². The Hall–Kier alpha value is -1.42. The van der Waals surface area contributed by atoms with Crippen molar-refractivity contribution in [2.75, 3.05) is 6.61 Å². The van der Waals surface area contributed by atoms with Gasteiger partial charge in [-0.25, -0.2) is 9.18 Å². The van der Waals surface area contributed by atoms with E-state index in [0.29, 0.717) is 5.56 Å². The molecule has 86 valence electrons. The van der Waals surface area contributed by atoms with E-state index in [9.17, 15) is 14.0 Å². The van der Waals surface area contributed by atoms with E-state index in [1.165, 1.54) is 19.1 Å². The summed E-state index contributed by atoms with van der Waals surface area (Å²) in [5.74, 6) is -2.67. The molecule has 1 aromatic carbocycles. The van der Waals surface area contributed by atoms with Gasteiger partial charge in [-0.3, -0.25) is 4.79 Å². The van der Waals surface area contributed by atoms with Crippen LogP contribution in [0.5, 0.6) is 0 Å². The van der Waals surface area contributed by atoms with Crippen molar-refractivity contribution in [2.24, 2.45) is 0 Å². The Labute approximate surface area is 97.2 Å². The number of carbonyl (C=O) groups excluding carboxylic acids is 2. The molecule has 0 spiro atoms. The van der Waals surface area contributed by atoms with Crippen molar-refractivity contribution in [3.8, 4) is 0 Å². The zero-order valence-electron chi connectivity index (χ0n) is 8.84. The van der Waals surface area contributed by atoms with Crippen molar-refractivity contribution < 1.29 is 18.7 Å². The fraction of sp³-hybridized carbons (Fsp3) is 0.273. The van der Waals surface area contributed by atoms with Crippen LogP contribution in [0.2, 0.25) is 5.02 Å². The lowest BCUT2D eigenvalue weighted by Crippen LogP contribution is -2.18. The molecule has 0 aliphatic rings. The Morgan fingerprint density at radius 1 is 1.44 bits per heavy atom. The SMILES string of the molecule is CCOC(=O)C(=O)c1ccc(C)c(F)c1Cl. The molecule has 1 rings (SSSR count). The molecule has 0 atom stereocenters. The van der Waals surface area contributed by atoms with Crippen LogP contribution in [0.4, 0.5) is 4.39 Å². The third-order valence-corrected chi connectivity index (χ3v) is 2.35. The lowest BCUT2D eigenvalue weighted by Gasteiger charge is -2.05. The van der Waals surface area contributed by atoms with Gasteiger partial charge in [0.1, 0.15) is 5.82 Å². The largest absolute Gasteiger partial charge is 0.460 e. The van der Waals surface area contributed by atoms with Crippen molar-refractivity contribution in [2.45, 2.75) is 13.8 Å². The second kappa shape index (κ2) is 5.07. The van der Waals surface area contributed by atoms with Gasteiger partial charge in [0.2, 0.25) is 0 Å². The molecule has 0 radical (unpaired) electrons. The fourth-order valence-corrected chi connectivity index (χ4v) is 1.43. The topological polar surface area (TPSA) is 43.4 Å². The Balaban J connectivity index is 3.10. The Kier molecular flexibility index (Phi) is 4.01. The minimum absolute atomic E-state index is 0.0799. The number of aryl methyl sites for hydroxylation is 1. The highest BCUT2D eigenvalue weighted by Crippen LogP contribution is 2.23. The average molecular weight is 245 g/mol. The van der Waals surface area contributed by atoms with Crippen LogP contribution >= 0.6 is 11.6 Å². The van der Waals surface area contributed by atoms with Crippen LogP contribution in [0.25, 0.3) is 0 Å². The highest BCUT2D eigenvalue weighted by atomic mass is 35.5. The maximum atomic E-state index is 13.4. The molecule has 0 heterocycles. The van der Waals surface area contributed by atoms with Crippen LogP contribution in [0.15, 0.2) is 12.1 Å². The van der Waals surface area contributed by atoms with Crippen molar-refractivity contribution in [3.05, 3.63) is 34.1 Å². The summed E-state index contributed by atoms with van der Waals surface area (Å²) in [6.45, 7) is 3.17. The van der Waals surface area contributed by atoms with Crippen molar-refractivity contribution in [1.82, 2.24) is 0 Å². The summed E-state index contributed by atoms with van der Waals surface area (Å²) < 4.78 is 17.9. The van der Waals surface area contributed by atoms with E-state index < -0.39 is 17.6 Å². The van der Waals surface area contributed by atoms with Gasteiger partial charge in [0.15, 0.2) is 0 Å². The van der Waals surface area contributed by atoms with Gasteiger partial charge in [-0.05, 0) is 25.5 Å². The fourth-order valence-electron chi connectivity index (χ4n) is 1.13. The Morgan fingerprint density at radius 3 is 2.62 bits per heavy atom. The number of ketones is 1. The molecular weight excluding hydrogens is 235 g/mol. The smallest absolute Gasteiger partial charge is 0.379 e. The van der Waals surface area contributed by atoms with Crippen LogP contribution in [0, 0.1) is 12.7 Å². The molecular formula is C11H10ClFO3. The summed E-state index contributed by atoms with van der Waals surface area (Å²) in [7, 11) is 0. The minimum atomic E-state index is -1.03. The van der Waals surface area contributed by atoms with Gasteiger partial charge in [0.25, 0.3) is 5.78 Å². The third kappa shape index (κ3) is 2.39. The number of carbonyl (C=O) groups is 2. The molecule has 5 heteroatoms. The van der Waals surface area contributed by atoms with Crippen LogP contribution in [-0.4, -0.2) is 18.4 Å². The number of Topliss-reactive ketones (excluding diaryl/α,β-unsaturated/α-hetero) is 1. The van der Waals surface area contributed by atoms with Crippen molar-refractivity contribution in [3.63, 3.8) is 0 Å². The van der Waals surface area contributed by atoms with Gasteiger partial charge < -0.3 is 4.74 Å². The number of benzene rings is 1. The lowest BCUT2D eigenvalue weighted by atomic mass is 10.1. The molecule has 0 saturated carbocycles. The molecule has 1 aromatic rings. The monoisotopic (exact) mass is 244 g/mol. The van der Waals surface area contributed by atoms with Gasteiger partial charge in [-0.1, -0.05) is 17.7 Å². The number of halogens is 2. The molecule has 0 aromatic heterocycles. The maximum absolute atomic E-state index is 13.4. The molecule has 0 amide bonds. The summed E-state index contributed by atoms with van der Waals surface area (Å²) in [5.41, 5.74) is 0.133. The Bertz CT molecular complexity index is 443. The van der Waals surface area contributed by atoms with E-state index >= 15 is 0 Å². The molecule has 0 fully saturated rings. The summed E-state index contributed by atoms with van der Waals surface area (Å²) >= 11 is 5.63. The maximum Gasteiger partial charge on any atom is 0.379 e. The van der Waals surface area contributed by atoms with Crippen molar-refractivity contribution in [1.29, 1.82) is 0 Å². The van der Waals surface area contributed by atoms with E-state index in [0.717, 1.165) is 0 Å². The second-order valence-electron chi connectivity index (χ2n) is 3.11. The van der Waals surface area contributed by atoms with Crippen molar-refractivity contribution >= 4 is 23.4 Å². The first kappa shape index (κ1) is 12.6. The van der Waals surface area contributed by atoms with Crippen LogP contribution in [-0.2, 0) is 9.53 Å². The van der Waals surface area contributed by atoms with E-state index in [1.807, 2.05) is 0 Å². The summed E-state index contributed by atoms with van der Waals surface area (Å²) in [6, 6.07) is 2.69.